The highest BCUT2D eigenvalue weighted by Gasteiger charge is 2.30. The monoisotopic (exact) mass is 384 g/mol. The second-order valence-corrected chi connectivity index (χ2v) is 7.27. The average molecular weight is 385 g/mol. The van der Waals surface area contributed by atoms with Crippen LogP contribution in [0.4, 0.5) is 0 Å². The van der Waals surface area contributed by atoms with Gasteiger partial charge >= 0.3 is 0 Å². The molecule has 2 rings (SSSR count). The third-order valence-electron chi connectivity index (χ3n) is 4.83. The summed E-state index contributed by atoms with van der Waals surface area (Å²) >= 11 is 0. The van der Waals surface area contributed by atoms with Crippen LogP contribution in [0.2, 0.25) is 0 Å². The van der Waals surface area contributed by atoms with Crippen molar-refractivity contribution in [1.29, 1.82) is 0 Å². The topological polar surface area (TPSA) is 44.8 Å². The number of carbonyl (C=O) groups is 1. The van der Waals surface area contributed by atoms with E-state index in [1.165, 1.54) is 5.56 Å². The van der Waals surface area contributed by atoms with E-state index in [1.54, 1.807) is 7.11 Å². The predicted octanol–water partition coefficient (Wildman–Crippen LogP) is 4.32. The zero-order valence-corrected chi connectivity index (χ0v) is 17.2. The van der Waals surface area contributed by atoms with Gasteiger partial charge in [-0.3, -0.25) is 4.79 Å². The molecule has 0 amide bonds. The molecule has 0 heterocycles. The normalized spacial score (nSPS) is 14.4. The van der Waals surface area contributed by atoms with Crippen molar-refractivity contribution in [2.24, 2.45) is 11.8 Å². The van der Waals surface area contributed by atoms with Crippen LogP contribution < -0.4 is 0 Å². The van der Waals surface area contributed by atoms with Crippen LogP contribution in [0.25, 0.3) is 0 Å². The molecule has 0 saturated carbocycles. The van der Waals surface area contributed by atoms with Crippen LogP contribution in [-0.2, 0) is 31.8 Å². The maximum absolute atomic E-state index is 13.2. The molecule has 3 unspecified atom stereocenters. The summed E-state index contributed by atoms with van der Waals surface area (Å²) in [6.45, 7) is 5.10. The summed E-state index contributed by atoms with van der Waals surface area (Å²) in [6.07, 6.45) is 0.997. The van der Waals surface area contributed by atoms with Crippen LogP contribution in [-0.4, -0.2) is 39.0 Å². The highest BCUT2D eigenvalue weighted by Crippen LogP contribution is 2.21. The lowest BCUT2D eigenvalue weighted by Gasteiger charge is -2.26. The Hall–Kier alpha value is -2.01. The van der Waals surface area contributed by atoms with Gasteiger partial charge in [-0.15, -0.1) is 0 Å². The van der Waals surface area contributed by atoms with Gasteiger partial charge < -0.3 is 14.2 Å². The SMILES string of the molecule is COCCOCOC(C(=O)C(C)Cc1ccccc1)C(C)Cc1ccccc1. The van der Waals surface area contributed by atoms with Gasteiger partial charge in [-0.1, -0.05) is 74.5 Å². The molecule has 3 atom stereocenters. The van der Waals surface area contributed by atoms with Gasteiger partial charge in [0.05, 0.1) is 13.2 Å². The summed E-state index contributed by atoms with van der Waals surface area (Å²) in [5.74, 6) is 0.0615. The summed E-state index contributed by atoms with van der Waals surface area (Å²) in [6, 6.07) is 20.3. The van der Waals surface area contributed by atoms with Gasteiger partial charge in [-0.2, -0.15) is 0 Å². The van der Waals surface area contributed by atoms with E-state index >= 15 is 0 Å². The zero-order chi connectivity index (χ0) is 20.2. The molecule has 0 radical (unpaired) electrons. The quantitative estimate of drug-likeness (QED) is 0.381. The second kappa shape index (κ2) is 12.4. The molecule has 0 aliphatic heterocycles. The van der Waals surface area contributed by atoms with E-state index in [-0.39, 0.29) is 24.4 Å². The van der Waals surface area contributed by atoms with E-state index in [4.69, 9.17) is 14.2 Å². The van der Waals surface area contributed by atoms with Crippen molar-refractivity contribution in [2.75, 3.05) is 27.1 Å². The summed E-state index contributed by atoms with van der Waals surface area (Å²) in [5.41, 5.74) is 2.36. The number of hydrogen-bond donors (Lipinski definition) is 0. The first-order valence-electron chi connectivity index (χ1n) is 9.91. The molecule has 2 aromatic carbocycles. The van der Waals surface area contributed by atoms with Crippen LogP contribution in [0.3, 0.4) is 0 Å². The van der Waals surface area contributed by atoms with Gasteiger partial charge in [-0.05, 0) is 29.9 Å². The number of benzene rings is 2. The van der Waals surface area contributed by atoms with Gasteiger partial charge in [0.1, 0.15) is 12.9 Å². The van der Waals surface area contributed by atoms with Gasteiger partial charge in [0.15, 0.2) is 5.78 Å². The molecule has 0 bridgehead atoms. The summed E-state index contributed by atoms with van der Waals surface area (Å²) in [5, 5.41) is 0. The maximum Gasteiger partial charge on any atom is 0.165 e. The number of hydrogen-bond acceptors (Lipinski definition) is 4. The molecule has 0 spiro atoms. The van der Waals surface area contributed by atoms with Crippen LogP contribution >= 0.6 is 0 Å². The van der Waals surface area contributed by atoms with E-state index in [0.717, 1.165) is 12.0 Å². The fraction of sp³-hybridized carbons (Fsp3) is 0.458. The van der Waals surface area contributed by atoms with E-state index in [1.807, 2.05) is 43.3 Å². The minimum atomic E-state index is -0.499. The third kappa shape index (κ3) is 7.55. The molecule has 0 saturated heterocycles. The lowest BCUT2D eigenvalue weighted by atomic mass is 9.86. The minimum Gasteiger partial charge on any atom is -0.382 e. The van der Waals surface area contributed by atoms with Crippen molar-refractivity contribution in [1.82, 2.24) is 0 Å². The van der Waals surface area contributed by atoms with Gasteiger partial charge in [0.2, 0.25) is 0 Å². The second-order valence-electron chi connectivity index (χ2n) is 7.27. The van der Waals surface area contributed by atoms with Crippen molar-refractivity contribution >= 4 is 5.78 Å². The smallest absolute Gasteiger partial charge is 0.165 e. The number of ether oxygens (including phenoxy) is 3. The molecule has 0 aromatic heterocycles. The Balaban J connectivity index is 2.01. The van der Waals surface area contributed by atoms with Gasteiger partial charge in [0, 0.05) is 13.0 Å². The lowest BCUT2D eigenvalue weighted by molar-refractivity contribution is -0.152. The highest BCUT2D eigenvalue weighted by atomic mass is 16.7. The van der Waals surface area contributed by atoms with E-state index < -0.39 is 6.10 Å². The van der Waals surface area contributed by atoms with Crippen molar-refractivity contribution < 1.29 is 19.0 Å². The number of methoxy groups -OCH3 is 1. The van der Waals surface area contributed by atoms with Crippen LogP contribution in [0.15, 0.2) is 60.7 Å². The Labute approximate surface area is 168 Å². The van der Waals surface area contributed by atoms with E-state index in [0.29, 0.717) is 19.6 Å². The highest BCUT2D eigenvalue weighted by molar-refractivity contribution is 5.85. The van der Waals surface area contributed by atoms with Crippen LogP contribution in [0.1, 0.15) is 25.0 Å². The fourth-order valence-electron chi connectivity index (χ4n) is 3.29. The molecule has 4 nitrogen and oxygen atoms in total. The van der Waals surface area contributed by atoms with Gasteiger partial charge in [-0.25, -0.2) is 0 Å². The summed E-state index contributed by atoms with van der Waals surface area (Å²) < 4.78 is 16.3. The molecular formula is C24H32O4. The number of Topliss-reactive ketones (excluding diaryl/α,β-unsaturated/α-hetero) is 1. The van der Waals surface area contributed by atoms with Gasteiger partial charge in [0.25, 0.3) is 0 Å². The van der Waals surface area contributed by atoms with Crippen molar-refractivity contribution in [3.63, 3.8) is 0 Å². The zero-order valence-electron chi connectivity index (χ0n) is 17.2. The predicted molar refractivity (Wildman–Crippen MR) is 111 cm³/mol. The number of carbonyl (C=O) groups excluding carboxylic acids is 1. The Morgan fingerprint density at radius 1 is 0.857 bits per heavy atom. The van der Waals surface area contributed by atoms with E-state index in [9.17, 15) is 4.79 Å². The Kier molecular flexibility index (Phi) is 9.91. The molecule has 152 valence electrons. The molecule has 28 heavy (non-hydrogen) atoms. The standard InChI is InChI=1S/C24H32O4/c1-19(16-21-10-6-4-7-11-21)23(25)24(28-18-27-15-14-26-3)20(2)17-22-12-8-5-9-13-22/h4-13,19-20,24H,14-18H2,1-3H3. The number of rotatable bonds is 13. The molecule has 4 heteroatoms. The Morgan fingerprint density at radius 3 is 2.00 bits per heavy atom. The molecule has 0 aliphatic carbocycles. The first-order valence-corrected chi connectivity index (χ1v) is 9.91. The number of ketones is 1. The Morgan fingerprint density at radius 2 is 1.43 bits per heavy atom. The molecular weight excluding hydrogens is 352 g/mol. The first-order chi connectivity index (χ1) is 13.6. The molecule has 0 N–H and O–H groups in total. The Bertz CT molecular complexity index is 672. The lowest BCUT2D eigenvalue weighted by Crippen LogP contribution is -2.37. The third-order valence-corrected chi connectivity index (χ3v) is 4.83. The van der Waals surface area contributed by atoms with Crippen molar-refractivity contribution in [3.8, 4) is 0 Å². The fourth-order valence-corrected chi connectivity index (χ4v) is 3.29. The molecule has 2 aromatic rings. The average Bonchev–Trinajstić information content (AvgIpc) is 2.71. The van der Waals surface area contributed by atoms with Crippen molar-refractivity contribution in [2.45, 2.75) is 32.8 Å². The minimum absolute atomic E-state index is 0.0548. The van der Waals surface area contributed by atoms with Crippen LogP contribution in [0.5, 0.6) is 0 Å². The summed E-state index contributed by atoms with van der Waals surface area (Å²) in [7, 11) is 1.63. The summed E-state index contributed by atoms with van der Waals surface area (Å²) in [4.78, 5) is 13.2. The van der Waals surface area contributed by atoms with Crippen LogP contribution in [0, 0.1) is 11.8 Å². The van der Waals surface area contributed by atoms with E-state index in [2.05, 4.69) is 31.2 Å². The molecule has 0 fully saturated rings. The largest absolute Gasteiger partial charge is 0.382 e. The maximum atomic E-state index is 13.2. The first kappa shape index (κ1) is 22.3. The van der Waals surface area contributed by atoms with Crippen molar-refractivity contribution in [3.05, 3.63) is 71.8 Å². The molecule has 0 aliphatic rings.